The average molecular weight is 433 g/mol. The van der Waals surface area contributed by atoms with Gasteiger partial charge in [0, 0.05) is 23.5 Å². The predicted molar refractivity (Wildman–Crippen MR) is 133 cm³/mol. The molecule has 4 nitrogen and oxygen atoms in total. The van der Waals surface area contributed by atoms with Crippen molar-refractivity contribution in [3.8, 4) is 11.3 Å². The van der Waals surface area contributed by atoms with Crippen LogP contribution in [0.2, 0.25) is 0 Å². The van der Waals surface area contributed by atoms with Crippen molar-refractivity contribution in [1.82, 2.24) is 4.98 Å². The summed E-state index contributed by atoms with van der Waals surface area (Å²) in [7, 11) is 1.46. The largest absolute Gasteiger partial charge is 0.469 e. The highest BCUT2D eigenvalue weighted by Gasteiger charge is 2.20. The summed E-state index contributed by atoms with van der Waals surface area (Å²) in [6.45, 7) is 2.24. The highest BCUT2D eigenvalue weighted by molar-refractivity contribution is 5.99. The van der Waals surface area contributed by atoms with E-state index in [1.165, 1.54) is 74.3 Å². The molecule has 2 N–H and O–H groups in total. The van der Waals surface area contributed by atoms with E-state index in [9.17, 15) is 4.79 Å². The second-order valence-corrected chi connectivity index (χ2v) is 9.07. The van der Waals surface area contributed by atoms with E-state index in [1.54, 1.807) is 0 Å². The van der Waals surface area contributed by atoms with Gasteiger partial charge in [0.05, 0.1) is 18.3 Å². The lowest BCUT2D eigenvalue weighted by molar-refractivity contribution is -0.140. The molecule has 0 radical (unpaired) electrons. The number of fused-ring (bicyclic) bond motifs is 1. The molecule has 1 aliphatic carbocycles. The number of esters is 1. The topological polar surface area (TPSA) is 54.1 Å². The van der Waals surface area contributed by atoms with Gasteiger partial charge in [0.1, 0.15) is 0 Å². The van der Waals surface area contributed by atoms with Crippen molar-refractivity contribution in [2.75, 3.05) is 12.4 Å². The minimum atomic E-state index is -0.166. The quantitative estimate of drug-likeness (QED) is 0.357. The van der Waals surface area contributed by atoms with Gasteiger partial charge in [-0.3, -0.25) is 4.79 Å². The molecule has 1 aliphatic rings. The summed E-state index contributed by atoms with van der Waals surface area (Å²) in [5.41, 5.74) is 7.22. The first-order valence-corrected chi connectivity index (χ1v) is 12.3. The average Bonchev–Trinajstić information content (AvgIpc) is 3.21. The SMILES string of the molecule is CCCCc1cc(NC2CCCCC2)c2[nH]c(-c3ccccc3)c(CCC(=O)OC)c2c1. The van der Waals surface area contributed by atoms with E-state index in [-0.39, 0.29) is 5.97 Å². The molecule has 0 saturated heterocycles. The number of hydrogen-bond donors (Lipinski definition) is 2. The zero-order valence-corrected chi connectivity index (χ0v) is 19.5. The van der Waals surface area contributed by atoms with Gasteiger partial charge < -0.3 is 15.0 Å². The van der Waals surface area contributed by atoms with Crippen LogP contribution in [0.5, 0.6) is 0 Å². The van der Waals surface area contributed by atoms with Crippen LogP contribution in [0.3, 0.4) is 0 Å². The fourth-order valence-electron chi connectivity index (χ4n) is 4.96. The first kappa shape index (κ1) is 22.4. The maximum absolute atomic E-state index is 12.0. The highest BCUT2D eigenvalue weighted by atomic mass is 16.5. The van der Waals surface area contributed by atoms with Crippen LogP contribution in [0.15, 0.2) is 42.5 Å². The first-order valence-electron chi connectivity index (χ1n) is 12.3. The number of aryl methyl sites for hydroxylation is 2. The molecule has 0 unspecified atom stereocenters. The van der Waals surface area contributed by atoms with Gasteiger partial charge in [0.25, 0.3) is 0 Å². The number of anilines is 1. The minimum absolute atomic E-state index is 0.166. The van der Waals surface area contributed by atoms with Gasteiger partial charge in [-0.15, -0.1) is 0 Å². The molecule has 1 heterocycles. The van der Waals surface area contributed by atoms with Crippen molar-refractivity contribution >= 4 is 22.6 Å². The summed E-state index contributed by atoms with van der Waals surface area (Å²) >= 11 is 0. The molecule has 0 amide bonds. The van der Waals surface area contributed by atoms with E-state index in [0.717, 1.165) is 23.2 Å². The van der Waals surface area contributed by atoms with Crippen molar-refractivity contribution < 1.29 is 9.53 Å². The van der Waals surface area contributed by atoms with Crippen LogP contribution in [0, 0.1) is 0 Å². The Morgan fingerprint density at radius 3 is 2.59 bits per heavy atom. The summed E-state index contributed by atoms with van der Waals surface area (Å²) in [6.07, 6.45) is 10.9. The van der Waals surface area contributed by atoms with E-state index in [4.69, 9.17) is 4.74 Å². The Bertz CT molecular complexity index is 1030. The van der Waals surface area contributed by atoms with Gasteiger partial charge >= 0.3 is 5.97 Å². The number of rotatable bonds is 9. The summed E-state index contributed by atoms with van der Waals surface area (Å²) in [5, 5.41) is 5.12. The molecule has 4 rings (SSSR count). The van der Waals surface area contributed by atoms with Gasteiger partial charge in [0.15, 0.2) is 0 Å². The molecule has 0 atom stereocenters. The molecule has 170 valence electrons. The number of methoxy groups -OCH3 is 1. The Morgan fingerprint density at radius 2 is 1.88 bits per heavy atom. The lowest BCUT2D eigenvalue weighted by Gasteiger charge is -2.24. The molecule has 4 heteroatoms. The molecular weight excluding hydrogens is 396 g/mol. The molecule has 1 saturated carbocycles. The summed E-state index contributed by atoms with van der Waals surface area (Å²) < 4.78 is 4.95. The number of ether oxygens (including phenoxy) is 1. The van der Waals surface area contributed by atoms with Crippen molar-refractivity contribution in [3.63, 3.8) is 0 Å². The first-order chi connectivity index (χ1) is 15.7. The lowest BCUT2D eigenvalue weighted by atomic mass is 9.94. The van der Waals surface area contributed by atoms with Crippen LogP contribution in [0.1, 0.15) is 69.4 Å². The number of unbranched alkanes of at least 4 members (excludes halogenated alkanes) is 1. The van der Waals surface area contributed by atoms with Gasteiger partial charge in [-0.05, 0) is 60.9 Å². The Labute approximate surface area is 191 Å². The third-order valence-corrected chi connectivity index (χ3v) is 6.73. The van der Waals surface area contributed by atoms with Gasteiger partial charge in [-0.2, -0.15) is 0 Å². The number of carbonyl (C=O) groups excluding carboxylic acids is 1. The zero-order chi connectivity index (χ0) is 22.3. The number of H-pyrrole nitrogens is 1. The Balaban J connectivity index is 1.82. The molecule has 32 heavy (non-hydrogen) atoms. The third kappa shape index (κ3) is 5.17. The molecule has 0 spiro atoms. The van der Waals surface area contributed by atoms with Crippen molar-refractivity contribution in [2.45, 2.75) is 77.2 Å². The number of carbonyl (C=O) groups is 1. The molecule has 0 aliphatic heterocycles. The highest BCUT2D eigenvalue weighted by Crippen LogP contribution is 2.37. The van der Waals surface area contributed by atoms with Gasteiger partial charge in [-0.1, -0.05) is 62.9 Å². The van der Waals surface area contributed by atoms with E-state index < -0.39 is 0 Å². The summed E-state index contributed by atoms with van der Waals surface area (Å²) in [5.74, 6) is -0.166. The Morgan fingerprint density at radius 1 is 1.09 bits per heavy atom. The number of hydrogen-bond acceptors (Lipinski definition) is 3. The normalized spacial score (nSPS) is 14.6. The van der Waals surface area contributed by atoms with Crippen LogP contribution in [-0.4, -0.2) is 24.1 Å². The standard InChI is InChI=1S/C28H36N2O2/c1-3-4-11-20-18-24-23(16-17-26(31)32-2)27(21-12-7-5-8-13-21)30-28(24)25(19-20)29-22-14-9-6-10-15-22/h5,7-8,12-13,18-19,22,29-30H,3-4,6,9-11,14-17H2,1-2H3. The van der Waals surface area contributed by atoms with E-state index in [1.807, 2.05) is 6.07 Å². The Kier molecular flexibility index (Phi) is 7.51. The number of benzene rings is 2. The number of nitrogens with one attached hydrogen (secondary N) is 2. The van der Waals surface area contributed by atoms with Crippen molar-refractivity contribution in [3.05, 3.63) is 53.6 Å². The summed E-state index contributed by atoms with van der Waals surface area (Å²) in [4.78, 5) is 15.7. The van der Waals surface area contributed by atoms with Crippen LogP contribution < -0.4 is 5.32 Å². The van der Waals surface area contributed by atoms with E-state index in [2.05, 4.69) is 53.6 Å². The number of aromatic amines is 1. The predicted octanol–water partition coefficient (Wildman–Crippen LogP) is 7.03. The van der Waals surface area contributed by atoms with Crippen molar-refractivity contribution in [2.24, 2.45) is 0 Å². The third-order valence-electron chi connectivity index (χ3n) is 6.73. The number of aromatic nitrogens is 1. The van der Waals surface area contributed by atoms with Crippen molar-refractivity contribution in [1.29, 1.82) is 0 Å². The fourth-order valence-corrected chi connectivity index (χ4v) is 4.96. The van der Waals surface area contributed by atoms with Crippen LogP contribution in [0.25, 0.3) is 22.2 Å². The molecule has 3 aromatic rings. The van der Waals surface area contributed by atoms with E-state index in [0.29, 0.717) is 18.9 Å². The maximum Gasteiger partial charge on any atom is 0.305 e. The van der Waals surface area contributed by atoms with Gasteiger partial charge in [0.2, 0.25) is 0 Å². The second kappa shape index (κ2) is 10.7. The molecule has 2 aromatic carbocycles. The summed E-state index contributed by atoms with van der Waals surface area (Å²) in [6, 6.07) is 15.7. The zero-order valence-electron chi connectivity index (χ0n) is 19.5. The smallest absolute Gasteiger partial charge is 0.305 e. The minimum Gasteiger partial charge on any atom is -0.469 e. The van der Waals surface area contributed by atoms with Gasteiger partial charge in [-0.25, -0.2) is 0 Å². The molecule has 0 bridgehead atoms. The second-order valence-electron chi connectivity index (χ2n) is 9.07. The molecule has 1 aromatic heterocycles. The van der Waals surface area contributed by atoms with Crippen LogP contribution in [-0.2, 0) is 22.4 Å². The lowest BCUT2D eigenvalue weighted by Crippen LogP contribution is -2.22. The van der Waals surface area contributed by atoms with Crippen LogP contribution >= 0.6 is 0 Å². The van der Waals surface area contributed by atoms with E-state index >= 15 is 0 Å². The maximum atomic E-state index is 12.0. The fraction of sp³-hybridized carbons (Fsp3) is 0.464. The molecule has 1 fully saturated rings. The molecular formula is C28H36N2O2. The van der Waals surface area contributed by atoms with Crippen LogP contribution in [0.4, 0.5) is 5.69 Å². The monoisotopic (exact) mass is 432 g/mol. The Hall–Kier alpha value is -2.75.